The van der Waals surface area contributed by atoms with Gasteiger partial charge in [-0.2, -0.15) is 5.26 Å². The predicted molar refractivity (Wildman–Crippen MR) is 108 cm³/mol. The average Bonchev–Trinajstić information content (AvgIpc) is 2.75. The van der Waals surface area contributed by atoms with Crippen LogP contribution in [0.2, 0.25) is 0 Å². The maximum Gasteiger partial charge on any atom is 0.274 e. The molecule has 1 aromatic heterocycles. The van der Waals surface area contributed by atoms with Crippen molar-refractivity contribution < 1.29 is 18.3 Å². The molecule has 2 heterocycles. The van der Waals surface area contributed by atoms with E-state index in [0.29, 0.717) is 5.56 Å². The number of amidine groups is 1. The largest absolute Gasteiger partial charge is 0.461 e. The van der Waals surface area contributed by atoms with Crippen molar-refractivity contribution in [3.05, 3.63) is 88.7 Å². The molecule has 0 radical (unpaired) electrons. The molecule has 0 saturated carbocycles. The number of ether oxygens (including phenoxy) is 1. The first kappa shape index (κ1) is 20.0. The van der Waals surface area contributed by atoms with Crippen LogP contribution < -0.4 is 15.8 Å². The third kappa shape index (κ3) is 3.79. The Hall–Kier alpha value is -4.32. The lowest BCUT2D eigenvalue weighted by atomic mass is 10.0. The number of nitrogens with one attached hydrogen (secondary N) is 1. The highest BCUT2D eigenvalue weighted by Crippen LogP contribution is 2.38. The topological polar surface area (TPSA) is 113 Å². The van der Waals surface area contributed by atoms with E-state index in [1.165, 1.54) is 55.6 Å². The molecule has 9 heteroatoms. The van der Waals surface area contributed by atoms with E-state index in [2.05, 4.69) is 15.3 Å². The molecule has 1 atom stereocenters. The first-order valence-corrected chi connectivity index (χ1v) is 9.11. The lowest BCUT2D eigenvalue weighted by Gasteiger charge is -2.32. The summed E-state index contributed by atoms with van der Waals surface area (Å²) in [6.45, 7) is 1.51. The minimum absolute atomic E-state index is 0.00105. The van der Waals surface area contributed by atoms with Crippen molar-refractivity contribution in [2.24, 2.45) is 10.7 Å². The number of fused-ring (bicyclic) bond motifs is 1. The number of carbonyl (C=O) groups is 1. The summed E-state index contributed by atoms with van der Waals surface area (Å²) in [6.07, 6.45) is 1.28. The highest BCUT2D eigenvalue weighted by atomic mass is 19.1. The summed E-state index contributed by atoms with van der Waals surface area (Å²) in [7, 11) is 0. The number of halogens is 2. The summed E-state index contributed by atoms with van der Waals surface area (Å²) in [6, 6.07) is 12.5. The normalized spacial score (nSPS) is 17.0. The quantitative estimate of drug-likeness (QED) is 0.675. The molecule has 3 aromatic rings. The zero-order chi connectivity index (χ0) is 22.2. The van der Waals surface area contributed by atoms with Gasteiger partial charge in [0.25, 0.3) is 5.91 Å². The second kappa shape index (κ2) is 7.50. The number of nitriles is 1. The van der Waals surface area contributed by atoms with E-state index < -0.39 is 23.3 Å². The number of hydrogen-bond donors (Lipinski definition) is 2. The molecule has 31 heavy (non-hydrogen) atoms. The smallest absolute Gasteiger partial charge is 0.274 e. The number of amides is 1. The van der Waals surface area contributed by atoms with Gasteiger partial charge in [-0.3, -0.25) is 4.79 Å². The number of nitrogens with two attached hydrogens (primary N) is 1. The van der Waals surface area contributed by atoms with Gasteiger partial charge >= 0.3 is 0 Å². The van der Waals surface area contributed by atoms with Crippen LogP contribution in [0, 0.1) is 23.0 Å². The van der Waals surface area contributed by atoms with Crippen LogP contribution in [-0.2, 0) is 5.72 Å². The Morgan fingerprint density at radius 3 is 2.71 bits per heavy atom. The molecule has 1 aliphatic heterocycles. The van der Waals surface area contributed by atoms with Gasteiger partial charge in [0.2, 0.25) is 5.72 Å². The highest BCUT2D eigenvalue weighted by Gasteiger charge is 2.36. The number of benzene rings is 2. The fourth-order valence-corrected chi connectivity index (χ4v) is 3.18. The minimum Gasteiger partial charge on any atom is -0.461 e. The van der Waals surface area contributed by atoms with E-state index >= 15 is 0 Å². The second-order valence-corrected chi connectivity index (χ2v) is 6.92. The van der Waals surface area contributed by atoms with Crippen LogP contribution in [0.4, 0.5) is 14.5 Å². The van der Waals surface area contributed by atoms with Crippen molar-refractivity contribution in [3.8, 4) is 11.8 Å². The number of nitrogens with zero attached hydrogens (tertiary/aromatic N) is 3. The van der Waals surface area contributed by atoms with Crippen molar-refractivity contribution in [2.45, 2.75) is 12.6 Å². The van der Waals surface area contributed by atoms with Gasteiger partial charge in [0, 0.05) is 18.8 Å². The van der Waals surface area contributed by atoms with Gasteiger partial charge in [0.15, 0.2) is 0 Å². The average molecular weight is 419 g/mol. The number of rotatable bonds is 3. The molecule has 0 saturated heterocycles. The Kier molecular flexibility index (Phi) is 4.83. The van der Waals surface area contributed by atoms with Crippen molar-refractivity contribution in [1.29, 1.82) is 5.26 Å². The zero-order valence-corrected chi connectivity index (χ0v) is 16.2. The maximum atomic E-state index is 14.7. The van der Waals surface area contributed by atoms with Crippen LogP contribution in [-0.4, -0.2) is 16.7 Å². The van der Waals surface area contributed by atoms with E-state index in [-0.39, 0.29) is 34.1 Å². The highest BCUT2D eigenvalue weighted by molar-refractivity contribution is 6.03. The van der Waals surface area contributed by atoms with Crippen molar-refractivity contribution >= 4 is 17.4 Å². The summed E-state index contributed by atoms with van der Waals surface area (Å²) in [5.74, 6) is -1.41. The van der Waals surface area contributed by atoms with Gasteiger partial charge in [-0.25, -0.2) is 18.8 Å². The van der Waals surface area contributed by atoms with Gasteiger partial charge in [-0.15, -0.1) is 0 Å². The Bertz CT molecular complexity index is 1270. The lowest BCUT2D eigenvalue weighted by molar-refractivity contribution is 0.0883. The van der Waals surface area contributed by atoms with Gasteiger partial charge in [-0.1, -0.05) is 0 Å². The summed E-state index contributed by atoms with van der Waals surface area (Å²) < 4.78 is 34.1. The zero-order valence-electron chi connectivity index (χ0n) is 16.2. The first-order chi connectivity index (χ1) is 14.8. The number of aromatic nitrogens is 1. The third-order valence-corrected chi connectivity index (χ3v) is 4.71. The van der Waals surface area contributed by atoms with Crippen molar-refractivity contribution in [3.63, 3.8) is 0 Å². The lowest BCUT2D eigenvalue weighted by Crippen LogP contribution is -2.36. The van der Waals surface area contributed by atoms with Gasteiger partial charge in [0.05, 0.1) is 16.7 Å². The number of pyridine rings is 1. The monoisotopic (exact) mass is 419 g/mol. The number of carbonyl (C=O) groups excluding carboxylic acids is 1. The molecule has 4 rings (SSSR count). The predicted octanol–water partition coefficient (Wildman–Crippen LogP) is 3.45. The second-order valence-electron chi connectivity index (χ2n) is 6.92. The first-order valence-electron chi connectivity index (χ1n) is 9.11. The molecular formula is C22H15F2N5O2. The molecule has 3 N–H and O–H groups in total. The SMILES string of the molecule is CC1(c2cc(NC(=O)c3ccc(C#N)cn3)ccc2F)N=C(N)c2cc(F)ccc2O1. The van der Waals surface area contributed by atoms with Crippen LogP contribution in [0.15, 0.2) is 59.7 Å². The molecule has 154 valence electrons. The van der Waals surface area contributed by atoms with Crippen LogP contribution in [0.25, 0.3) is 0 Å². The standard InChI is InChI=1S/C22H15F2N5O2/c1-22(29-20(26)15-8-13(23)3-7-19(15)31-22)16-9-14(4-5-17(16)24)28-21(30)18-6-2-12(10-25)11-27-18/h2-9,11H,1H3,(H2,26,29)(H,28,30). The van der Waals surface area contributed by atoms with Crippen molar-refractivity contribution in [1.82, 2.24) is 4.98 Å². The van der Waals surface area contributed by atoms with Gasteiger partial charge < -0.3 is 15.8 Å². The molecule has 7 nitrogen and oxygen atoms in total. The molecule has 0 spiro atoms. The van der Waals surface area contributed by atoms with Gasteiger partial charge in [-0.05, 0) is 48.5 Å². The molecule has 1 aliphatic rings. The minimum atomic E-state index is -1.54. The fraction of sp³-hybridized carbons (Fsp3) is 0.0909. The van der Waals surface area contributed by atoms with E-state index in [9.17, 15) is 13.6 Å². The van der Waals surface area contributed by atoms with Crippen molar-refractivity contribution in [2.75, 3.05) is 5.32 Å². The number of aliphatic imine (C=N–C) groups is 1. The summed E-state index contributed by atoms with van der Waals surface area (Å²) in [4.78, 5) is 20.6. The Balaban J connectivity index is 1.65. The molecule has 2 aromatic carbocycles. The molecular weight excluding hydrogens is 404 g/mol. The van der Waals surface area contributed by atoms with E-state index in [0.717, 1.165) is 6.07 Å². The fourth-order valence-electron chi connectivity index (χ4n) is 3.18. The Morgan fingerprint density at radius 2 is 2.00 bits per heavy atom. The summed E-state index contributed by atoms with van der Waals surface area (Å²) >= 11 is 0. The number of anilines is 1. The van der Waals surface area contributed by atoms with Crippen LogP contribution in [0.3, 0.4) is 0 Å². The Morgan fingerprint density at radius 1 is 1.19 bits per heavy atom. The molecule has 1 amide bonds. The number of hydrogen-bond acceptors (Lipinski definition) is 6. The Labute approximate surface area is 175 Å². The van der Waals surface area contributed by atoms with Gasteiger partial charge in [0.1, 0.15) is 35.0 Å². The molecule has 0 fully saturated rings. The molecule has 0 aliphatic carbocycles. The van der Waals surface area contributed by atoms with E-state index in [4.69, 9.17) is 15.7 Å². The summed E-state index contributed by atoms with van der Waals surface area (Å²) in [5, 5.41) is 11.4. The van der Waals surface area contributed by atoms with Crippen LogP contribution in [0.5, 0.6) is 5.75 Å². The maximum absolute atomic E-state index is 14.7. The van der Waals surface area contributed by atoms with E-state index in [1.807, 2.05) is 6.07 Å². The summed E-state index contributed by atoms with van der Waals surface area (Å²) in [5.41, 5.74) is 5.42. The van der Waals surface area contributed by atoms with Crippen LogP contribution >= 0.6 is 0 Å². The molecule has 1 unspecified atom stereocenters. The van der Waals surface area contributed by atoms with E-state index in [1.54, 1.807) is 0 Å². The molecule has 0 bridgehead atoms. The van der Waals surface area contributed by atoms with Crippen LogP contribution in [0.1, 0.15) is 34.1 Å². The third-order valence-electron chi connectivity index (χ3n) is 4.71.